The number of carbonyl (C=O) groups is 1. The van der Waals surface area contributed by atoms with E-state index in [0.717, 1.165) is 24.7 Å². The number of rotatable bonds is 9. The highest BCUT2D eigenvalue weighted by molar-refractivity contribution is 6.74. The highest BCUT2D eigenvalue weighted by Crippen LogP contribution is 2.45. The van der Waals surface area contributed by atoms with Gasteiger partial charge in [0.1, 0.15) is 6.29 Å². The largest absolute Gasteiger partial charge is 0.410 e. The summed E-state index contributed by atoms with van der Waals surface area (Å²) in [6.45, 7) is 24.6. The Labute approximate surface area is 211 Å². The molecule has 0 aromatic rings. The molecule has 0 fully saturated rings. The van der Waals surface area contributed by atoms with Gasteiger partial charge in [-0.3, -0.25) is 4.79 Å². The number of allylic oxidation sites excluding steroid dienone is 13. The Morgan fingerprint density at radius 3 is 2.03 bits per heavy atom. The highest BCUT2D eigenvalue weighted by atomic mass is 28.4. The summed E-state index contributed by atoms with van der Waals surface area (Å²) in [6.07, 6.45) is 21.9. The van der Waals surface area contributed by atoms with Crippen molar-refractivity contribution < 1.29 is 9.22 Å². The van der Waals surface area contributed by atoms with Gasteiger partial charge in [0.15, 0.2) is 8.32 Å². The molecule has 1 atom stereocenters. The number of hydrogen-bond donors (Lipinski definition) is 0. The Hall–Kier alpha value is -1.97. The van der Waals surface area contributed by atoms with E-state index in [-0.39, 0.29) is 16.6 Å². The topological polar surface area (TPSA) is 26.3 Å². The van der Waals surface area contributed by atoms with Gasteiger partial charge in [-0.1, -0.05) is 100 Å². The van der Waals surface area contributed by atoms with E-state index in [1.165, 1.54) is 16.7 Å². The molecule has 0 aromatic carbocycles. The zero-order valence-corrected chi connectivity index (χ0v) is 24.6. The summed E-state index contributed by atoms with van der Waals surface area (Å²) in [4.78, 5) is 10.6. The van der Waals surface area contributed by atoms with Crippen LogP contribution in [-0.4, -0.2) is 20.7 Å². The third-order valence-electron chi connectivity index (χ3n) is 7.16. The van der Waals surface area contributed by atoms with E-state index in [1.54, 1.807) is 13.0 Å². The van der Waals surface area contributed by atoms with Crippen LogP contribution in [0.3, 0.4) is 0 Å². The van der Waals surface area contributed by atoms with Gasteiger partial charge in [-0.05, 0) is 80.8 Å². The van der Waals surface area contributed by atoms with Crippen LogP contribution in [0.1, 0.15) is 75.2 Å². The van der Waals surface area contributed by atoms with Gasteiger partial charge in [0, 0.05) is 0 Å². The second-order valence-corrected chi connectivity index (χ2v) is 16.6. The number of carbonyl (C=O) groups excluding carboxylic acids is 1. The van der Waals surface area contributed by atoms with Gasteiger partial charge in [0.05, 0.1) is 6.10 Å². The smallest absolute Gasteiger partial charge is 0.192 e. The van der Waals surface area contributed by atoms with Crippen molar-refractivity contribution in [1.82, 2.24) is 0 Å². The normalized spacial score (nSPS) is 21.4. The first-order valence-electron chi connectivity index (χ1n) is 12.5. The van der Waals surface area contributed by atoms with Crippen LogP contribution >= 0.6 is 0 Å². The minimum atomic E-state index is -1.81. The summed E-state index contributed by atoms with van der Waals surface area (Å²) < 4.78 is 6.83. The molecular formula is C31H48O2Si. The maximum Gasteiger partial charge on any atom is 0.192 e. The van der Waals surface area contributed by atoms with E-state index in [9.17, 15) is 4.79 Å². The summed E-state index contributed by atoms with van der Waals surface area (Å²) in [5.74, 6) is 0. The molecule has 1 aliphatic carbocycles. The molecule has 34 heavy (non-hydrogen) atoms. The van der Waals surface area contributed by atoms with Gasteiger partial charge in [-0.15, -0.1) is 0 Å². The molecule has 188 valence electrons. The molecule has 0 spiro atoms. The molecule has 0 saturated heterocycles. The first kappa shape index (κ1) is 30.1. The lowest BCUT2D eigenvalue weighted by molar-refractivity contribution is -0.104. The first-order valence-corrected chi connectivity index (χ1v) is 15.4. The average molecular weight is 481 g/mol. The fraction of sp³-hybridized carbons (Fsp3) is 0.516. The zero-order chi connectivity index (χ0) is 26.2. The van der Waals surface area contributed by atoms with E-state index in [1.807, 2.05) is 18.2 Å². The average Bonchev–Trinajstić information content (AvgIpc) is 2.72. The SMILES string of the molecule is CC1=C(/C=C/C(C)=C/C=C/C(C)=C/C=C/C=C(\C)C=O)C(C)(C)CC[C@H]1O[Si](C)(C)C(C)(C)C. The molecule has 0 amide bonds. The summed E-state index contributed by atoms with van der Waals surface area (Å²) in [7, 11) is -1.81. The Bertz CT molecular complexity index is 925. The van der Waals surface area contributed by atoms with Gasteiger partial charge in [0.2, 0.25) is 0 Å². The first-order chi connectivity index (χ1) is 15.6. The third kappa shape index (κ3) is 9.35. The van der Waals surface area contributed by atoms with Gasteiger partial charge in [-0.2, -0.15) is 0 Å². The molecule has 2 nitrogen and oxygen atoms in total. The van der Waals surface area contributed by atoms with Crippen molar-refractivity contribution in [2.24, 2.45) is 5.41 Å². The maximum atomic E-state index is 10.6. The fourth-order valence-corrected chi connectivity index (χ4v) is 5.08. The summed E-state index contributed by atoms with van der Waals surface area (Å²) in [5.41, 5.74) is 6.05. The van der Waals surface area contributed by atoms with Crippen LogP contribution in [0, 0.1) is 5.41 Å². The van der Waals surface area contributed by atoms with E-state index in [2.05, 4.69) is 98.9 Å². The van der Waals surface area contributed by atoms with Gasteiger partial charge < -0.3 is 4.43 Å². The van der Waals surface area contributed by atoms with Crippen molar-refractivity contribution in [2.75, 3.05) is 0 Å². The lowest BCUT2D eigenvalue weighted by atomic mass is 9.71. The Morgan fingerprint density at radius 2 is 1.47 bits per heavy atom. The molecule has 0 unspecified atom stereocenters. The Kier molecular flexibility index (Phi) is 11.2. The van der Waals surface area contributed by atoms with Gasteiger partial charge in [-0.25, -0.2) is 0 Å². The standard InChI is InChI=1S/C31H48O2Si/c1-24(15-12-13-16-26(3)23-32)17-14-18-25(2)19-20-28-27(4)29(21-22-31(28,8)9)33-34(10,11)30(5,6)7/h12-20,23,29H,21-22H2,1-11H3/b13-12+,17-14+,20-19+,24-15+,25-18+,26-16+/t29-/m1/s1. The van der Waals surface area contributed by atoms with Crippen LogP contribution in [0.2, 0.25) is 18.1 Å². The Balaban J connectivity index is 2.99. The van der Waals surface area contributed by atoms with E-state index >= 15 is 0 Å². The molecule has 1 rings (SSSR count). The molecule has 1 aliphatic rings. The second-order valence-electron chi connectivity index (χ2n) is 11.8. The van der Waals surface area contributed by atoms with Crippen molar-refractivity contribution in [3.8, 4) is 0 Å². The zero-order valence-electron chi connectivity index (χ0n) is 23.6. The van der Waals surface area contributed by atoms with Crippen molar-refractivity contribution in [2.45, 2.75) is 99.4 Å². The molecule has 0 aliphatic heterocycles. The van der Waals surface area contributed by atoms with Crippen molar-refractivity contribution in [3.63, 3.8) is 0 Å². The van der Waals surface area contributed by atoms with Crippen LogP contribution < -0.4 is 0 Å². The van der Waals surface area contributed by atoms with E-state index in [0.29, 0.717) is 5.57 Å². The number of hydrogen-bond acceptors (Lipinski definition) is 2. The van der Waals surface area contributed by atoms with Crippen LogP contribution in [0.25, 0.3) is 0 Å². The van der Waals surface area contributed by atoms with E-state index in [4.69, 9.17) is 4.43 Å². The lowest BCUT2D eigenvalue weighted by Gasteiger charge is -2.44. The van der Waals surface area contributed by atoms with E-state index < -0.39 is 8.32 Å². The molecule has 0 bridgehead atoms. The quantitative estimate of drug-likeness (QED) is 0.142. The van der Waals surface area contributed by atoms with Crippen molar-refractivity contribution in [3.05, 3.63) is 82.5 Å². The predicted molar refractivity (Wildman–Crippen MR) is 153 cm³/mol. The molecule has 0 radical (unpaired) electrons. The minimum absolute atomic E-state index is 0.159. The molecule has 0 N–H and O–H groups in total. The fourth-order valence-electron chi connectivity index (χ4n) is 3.72. The third-order valence-corrected chi connectivity index (χ3v) is 11.6. The van der Waals surface area contributed by atoms with Crippen LogP contribution in [0.15, 0.2) is 82.5 Å². The van der Waals surface area contributed by atoms with Crippen LogP contribution in [-0.2, 0) is 9.22 Å². The molecule has 0 heterocycles. The molecule has 0 aromatic heterocycles. The van der Waals surface area contributed by atoms with Crippen molar-refractivity contribution >= 4 is 14.6 Å². The molecular weight excluding hydrogens is 432 g/mol. The minimum Gasteiger partial charge on any atom is -0.410 e. The highest BCUT2D eigenvalue weighted by Gasteiger charge is 2.41. The lowest BCUT2D eigenvalue weighted by Crippen LogP contribution is -2.45. The summed E-state index contributed by atoms with van der Waals surface area (Å²) in [6, 6.07) is 0. The van der Waals surface area contributed by atoms with Gasteiger partial charge >= 0.3 is 0 Å². The van der Waals surface area contributed by atoms with Crippen LogP contribution in [0.4, 0.5) is 0 Å². The predicted octanol–water partition coefficient (Wildman–Crippen LogP) is 9.22. The molecule has 0 saturated carbocycles. The van der Waals surface area contributed by atoms with Crippen molar-refractivity contribution in [1.29, 1.82) is 0 Å². The monoisotopic (exact) mass is 480 g/mol. The second kappa shape index (κ2) is 12.6. The number of aldehydes is 1. The maximum absolute atomic E-state index is 10.6. The summed E-state index contributed by atoms with van der Waals surface area (Å²) >= 11 is 0. The molecule has 3 heteroatoms. The van der Waals surface area contributed by atoms with Gasteiger partial charge in [0.25, 0.3) is 0 Å². The Morgan fingerprint density at radius 1 is 0.941 bits per heavy atom. The van der Waals surface area contributed by atoms with Crippen LogP contribution in [0.5, 0.6) is 0 Å². The summed E-state index contributed by atoms with van der Waals surface area (Å²) in [5, 5.41) is 0.218.